The quantitative estimate of drug-likeness (QED) is 0.656. The van der Waals surface area contributed by atoms with Gasteiger partial charge in [-0.3, -0.25) is 4.79 Å². The van der Waals surface area contributed by atoms with Crippen LogP contribution in [0.3, 0.4) is 0 Å². The molecule has 0 saturated carbocycles. The first-order valence-corrected chi connectivity index (χ1v) is 9.48. The van der Waals surface area contributed by atoms with Crippen molar-refractivity contribution in [3.63, 3.8) is 0 Å². The van der Waals surface area contributed by atoms with Crippen molar-refractivity contribution in [2.45, 2.75) is 26.4 Å². The number of hydrogen-bond acceptors (Lipinski definition) is 3. The van der Waals surface area contributed by atoms with Crippen LogP contribution >= 0.6 is 11.6 Å². The zero-order valence-corrected chi connectivity index (χ0v) is 16.3. The lowest BCUT2D eigenvalue weighted by molar-refractivity contribution is -0.123. The molecule has 2 heterocycles. The summed E-state index contributed by atoms with van der Waals surface area (Å²) < 4.78 is 15.3. The molecular weight excluding hydrogens is 379 g/mol. The van der Waals surface area contributed by atoms with Crippen molar-refractivity contribution in [3.8, 4) is 11.3 Å². The number of amides is 1. The Kier molecular flexibility index (Phi) is 4.81. The number of carbonyl (C=O) groups excluding carboxylic acids is 1. The number of aromatic nitrogens is 2. The van der Waals surface area contributed by atoms with Crippen molar-refractivity contribution in [2.24, 2.45) is 5.92 Å². The van der Waals surface area contributed by atoms with Gasteiger partial charge in [0.15, 0.2) is 0 Å². The second-order valence-corrected chi connectivity index (χ2v) is 7.62. The average molecular weight is 399 g/mol. The van der Waals surface area contributed by atoms with E-state index in [0.29, 0.717) is 16.5 Å². The van der Waals surface area contributed by atoms with Gasteiger partial charge in [-0.15, -0.1) is 0 Å². The Morgan fingerprint density at radius 2 is 1.86 bits per heavy atom. The summed E-state index contributed by atoms with van der Waals surface area (Å²) in [7, 11) is 0. The Balaban J connectivity index is 1.86. The van der Waals surface area contributed by atoms with Crippen LogP contribution in [0.4, 0.5) is 15.9 Å². The largest absolute Gasteiger partial charge is 0.344 e. The number of rotatable bonds is 4. The van der Waals surface area contributed by atoms with Crippen LogP contribution in [0.25, 0.3) is 11.3 Å². The normalized spacial score (nSPS) is 16.0. The molecule has 5 nitrogen and oxygen atoms in total. The minimum atomic E-state index is -0.308. The number of carbonyl (C=O) groups is 1. The first kappa shape index (κ1) is 18.5. The monoisotopic (exact) mass is 398 g/mol. The molecule has 0 fully saturated rings. The molecule has 3 aromatic rings. The minimum absolute atomic E-state index is 0.0617. The molecule has 28 heavy (non-hydrogen) atoms. The molecule has 1 aliphatic rings. The summed E-state index contributed by atoms with van der Waals surface area (Å²) in [5.41, 5.74) is 2.27. The second-order valence-electron chi connectivity index (χ2n) is 7.18. The molecule has 0 radical (unpaired) electrons. The number of nitrogens with one attached hydrogen (secondary N) is 2. The summed E-state index contributed by atoms with van der Waals surface area (Å²) in [5.74, 6) is 1.29. The number of halogens is 2. The molecule has 0 bridgehead atoms. The van der Waals surface area contributed by atoms with E-state index >= 15 is 0 Å². The molecule has 1 atom stereocenters. The molecule has 4 rings (SSSR count). The highest BCUT2D eigenvalue weighted by molar-refractivity contribution is 6.30. The molecule has 0 spiro atoms. The predicted octanol–water partition coefficient (Wildman–Crippen LogP) is 4.91. The first-order chi connectivity index (χ1) is 13.4. The summed E-state index contributed by atoms with van der Waals surface area (Å²) in [6.07, 6.45) is 0. The third kappa shape index (κ3) is 3.47. The highest BCUT2D eigenvalue weighted by Gasteiger charge is 2.32. The van der Waals surface area contributed by atoms with Crippen LogP contribution in [0.5, 0.6) is 0 Å². The number of hydrogen-bond donors (Lipinski definition) is 2. The Hall–Kier alpha value is -2.86. The van der Waals surface area contributed by atoms with E-state index in [9.17, 15) is 9.18 Å². The van der Waals surface area contributed by atoms with Crippen molar-refractivity contribution in [1.29, 1.82) is 0 Å². The summed E-state index contributed by atoms with van der Waals surface area (Å²) in [6, 6.07) is 13.3. The number of imidazole rings is 1. The van der Waals surface area contributed by atoms with E-state index in [4.69, 9.17) is 16.6 Å². The van der Waals surface area contributed by atoms with Crippen molar-refractivity contribution in [2.75, 3.05) is 5.32 Å². The van der Waals surface area contributed by atoms with E-state index in [-0.39, 0.29) is 30.2 Å². The van der Waals surface area contributed by atoms with E-state index in [1.165, 1.54) is 12.1 Å². The topological polar surface area (TPSA) is 59.0 Å². The van der Waals surface area contributed by atoms with Crippen molar-refractivity contribution >= 4 is 29.0 Å². The van der Waals surface area contributed by atoms with Gasteiger partial charge in [-0.25, -0.2) is 9.37 Å². The molecule has 1 aromatic heterocycles. The van der Waals surface area contributed by atoms with E-state index in [1.807, 2.05) is 30.5 Å². The van der Waals surface area contributed by atoms with Crippen molar-refractivity contribution in [1.82, 2.24) is 14.9 Å². The number of benzene rings is 2. The summed E-state index contributed by atoms with van der Waals surface area (Å²) >= 11 is 5.99. The summed E-state index contributed by atoms with van der Waals surface area (Å²) in [5, 5.41) is 7.02. The highest BCUT2D eigenvalue weighted by atomic mass is 35.5. The van der Waals surface area contributed by atoms with Gasteiger partial charge in [-0.05, 0) is 54.4 Å². The third-order valence-corrected chi connectivity index (χ3v) is 5.04. The fraction of sp³-hybridized carbons (Fsp3) is 0.238. The third-order valence-electron chi connectivity index (χ3n) is 4.78. The van der Waals surface area contributed by atoms with Crippen LogP contribution in [0.2, 0.25) is 5.02 Å². The summed E-state index contributed by atoms with van der Waals surface area (Å²) in [6.45, 7) is 4.25. The lowest BCUT2D eigenvalue weighted by atomic mass is 10.0. The second kappa shape index (κ2) is 7.28. The van der Waals surface area contributed by atoms with Gasteiger partial charge in [-0.1, -0.05) is 25.4 Å². The molecule has 1 amide bonds. The molecule has 0 aliphatic carbocycles. The molecule has 2 aromatic carbocycles. The molecule has 2 N–H and O–H groups in total. The van der Waals surface area contributed by atoms with Gasteiger partial charge in [0.05, 0.1) is 6.04 Å². The first-order valence-electron chi connectivity index (χ1n) is 9.10. The van der Waals surface area contributed by atoms with Gasteiger partial charge in [0.1, 0.15) is 29.7 Å². The molecule has 7 heteroatoms. The van der Waals surface area contributed by atoms with E-state index < -0.39 is 0 Å². The fourth-order valence-corrected chi connectivity index (χ4v) is 3.49. The standard InChI is InChI=1S/C21H20ClFN4O/c1-12(2)18-20-26-19(13-3-7-15(23)8-4-13)21(27(20)11-17(28)25-18)24-16-9-5-14(22)6-10-16/h3-10,12,18,24H,11H2,1-2H3,(H,25,28)/t18-/m1/s1. The molecule has 0 saturated heterocycles. The number of anilines is 2. The van der Waals surface area contributed by atoms with Crippen LogP contribution in [-0.4, -0.2) is 15.5 Å². The average Bonchev–Trinajstić information content (AvgIpc) is 3.01. The maximum absolute atomic E-state index is 13.4. The Bertz CT molecular complexity index is 1010. The zero-order chi connectivity index (χ0) is 19.8. The summed E-state index contributed by atoms with van der Waals surface area (Å²) in [4.78, 5) is 17.2. The lowest BCUT2D eigenvalue weighted by Crippen LogP contribution is -2.41. The van der Waals surface area contributed by atoms with Crippen LogP contribution in [0.1, 0.15) is 25.7 Å². The van der Waals surface area contributed by atoms with Gasteiger partial charge in [-0.2, -0.15) is 0 Å². The van der Waals surface area contributed by atoms with Crippen LogP contribution < -0.4 is 10.6 Å². The zero-order valence-electron chi connectivity index (χ0n) is 15.5. The van der Waals surface area contributed by atoms with Crippen molar-refractivity contribution < 1.29 is 9.18 Å². The SMILES string of the molecule is CC(C)[C@H]1NC(=O)Cn2c1nc(-c1ccc(F)cc1)c2Nc1ccc(Cl)cc1. The molecular formula is C21H20ClFN4O. The van der Waals surface area contributed by atoms with E-state index in [1.54, 1.807) is 24.3 Å². The molecule has 144 valence electrons. The fourth-order valence-electron chi connectivity index (χ4n) is 3.37. The van der Waals surface area contributed by atoms with E-state index in [2.05, 4.69) is 10.6 Å². The predicted molar refractivity (Wildman–Crippen MR) is 108 cm³/mol. The van der Waals surface area contributed by atoms with Gasteiger partial charge in [0.25, 0.3) is 0 Å². The molecule has 0 unspecified atom stereocenters. The van der Waals surface area contributed by atoms with Crippen LogP contribution in [0.15, 0.2) is 48.5 Å². The molecule has 1 aliphatic heterocycles. The van der Waals surface area contributed by atoms with Gasteiger partial charge < -0.3 is 15.2 Å². The Labute approximate surface area is 167 Å². The van der Waals surface area contributed by atoms with Crippen LogP contribution in [-0.2, 0) is 11.3 Å². The van der Waals surface area contributed by atoms with Crippen LogP contribution in [0, 0.1) is 11.7 Å². The minimum Gasteiger partial charge on any atom is -0.344 e. The van der Waals surface area contributed by atoms with E-state index in [0.717, 1.165) is 17.1 Å². The number of fused-ring (bicyclic) bond motifs is 1. The number of nitrogens with zero attached hydrogens (tertiary/aromatic N) is 2. The smallest absolute Gasteiger partial charge is 0.240 e. The Morgan fingerprint density at radius 1 is 1.18 bits per heavy atom. The Morgan fingerprint density at radius 3 is 2.50 bits per heavy atom. The maximum Gasteiger partial charge on any atom is 0.240 e. The van der Waals surface area contributed by atoms with Gasteiger partial charge in [0, 0.05) is 16.3 Å². The van der Waals surface area contributed by atoms with Gasteiger partial charge >= 0.3 is 0 Å². The van der Waals surface area contributed by atoms with Crippen molar-refractivity contribution in [3.05, 3.63) is 65.2 Å². The lowest BCUT2D eigenvalue weighted by Gasteiger charge is -2.28. The van der Waals surface area contributed by atoms with Gasteiger partial charge in [0.2, 0.25) is 5.91 Å². The highest BCUT2D eigenvalue weighted by Crippen LogP contribution is 2.36. The maximum atomic E-state index is 13.4.